The highest BCUT2D eigenvalue weighted by Crippen LogP contribution is 1.81. The molecule has 136 valence electrons. The molecule has 1 atom stereocenters. The summed E-state index contributed by atoms with van der Waals surface area (Å²) in [5.41, 5.74) is 4.77. The van der Waals surface area contributed by atoms with Crippen LogP contribution in [0.4, 0.5) is 0 Å². The summed E-state index contributed by atoms with van der Waals surface area (Å²) in [6, 6.07) is -0.731. The van der Waals surface area contributed by atoms with Gasteiger partial charge in [-0.15, -0.1) is 0 Å². The Labute approximate surface area is 141 Å². The maximum atomic E-state index is 10.5. The third-order valence-electron chi connectivity index (χ3n) is 2.21. The molecule has 1 amide bonds. The van der Waals surface area contributed by atoms with Crippen molar-refractivity contribution in [2.75, 3.05) is 13.3 Å². The molecular formula is C15H27N5O4. The normalized spacial score (nSPS) is 10.4. The summed E-state index contributed by atoms with van der Waals surface area (Å²) in [4.78, 5) is 24.0. The number of hydrogen-bond donors (Lipinski definition) is 5. The number of nitrogens with zero attached hydrogens (tertiary/aromatic N) is 2. The van der Waals surface area contributed by atoms with Crippen LogP contribution in [0.15, 0.2) is 38.0 Å². The average molecular weight is 341 g/mol. The molecule has 0 spiro atoms. The number of aliphatic carboxylic acids is 1. The zero-order chi connectivity index (χ0) is 19.0. The molecule has 0 aliphatic carbocycles. The van der Waals surface area contributed by atoms with Crippen LogP contribution in [0, 0.1) is 0 Å². The van der Waals surface area contributed by atoms with Gasteiger partial charge >= 0.3 is 5.97 Å². The standard InChI is InChI=1S/C7H14N2O.C5H6N2.C3H7NO3/c1-4-7(10)9-5-8-6(2)3;1-2-7-4-3-6-5-7;4-2(1-5)3(6)7/h4,6,8H,1,5H2,2-3H3,(H,9,10);2-5H,1H2;2,5H,1,4H2,(H,6,7). The molecule has 1 rings (SSSR count). The van der Waals surface area contributed by atoms with Gasteiger partial charge in [-0.25, -0.2) is 4.98 Å². The van der Waals surface area contributed by atoms with Gasteiger partial charge in [-0.2, -0.15) is 0 Å². The van der Waals surface area contributed by atoms with E-state index in [-0.39, 0.29) is 5.91 Å². The zero-order valence-corrected chi connectivity index (χ0v) is 14.1. The molecule has 6 N–H and O–H groups in total. The van der Waals surface area contributed by atoms with Crippen LogP contribution < -0.4 is 16.4 Å². The van der Waals surface area contributed by atoms with E-state index in [0.29, 0.717) is 12.7 Å². The number of imidazole rings is 1. The summed E-state index contributed by atoms with van der Waals surface area (Å²) in [5.74, 6) is -1.32. The first-order chi connectivity index (χ1) is 11.3. The summed E-state index contributed by atoms with van der Waals surface area (Å²) >= 11 is 0. The second-order valence-electron chi connectivity index (χ2n) is 4.60. The fraction of sp³-hybridized carbons (Fsp3) is 0.400. The fourth-order valence-electron chi connectivity index (χ4n) is 0.870. The van der Waals surface area contributed by atoms with Gasteiger partial charge in [0.15, 0.2) is 0 Å². The van der Waals surface area contributed by atoms with Crippen LogP contribution in [0.2, 0.25) is 0 Å². The molecule has 9 nitrogen and oxygen atoms in total. The van der Waals surface area contributed by atoms with Gasteiger partial charge in [0.2, 0.25) is 5.91 Å². The van der Waals surface area contributed by atoms with Crippen LogP contribution in [-0.4, -0.2) is 57.0 Å². The number of nitrogens with two attached hydrogens (primary N) is 1. The molecule has 0 radical (unpaired) electrons. The lowest BCUT2D eigenvalue weighted by Gasteiger charge is -2.07. The van der Waals surface area contributed by atoms with Crippen molar-refractivity contribution in [3.63, 3.8) is 0 Å². The zero-order valence-electron chi connectivity index (χ0n) is 14.1. The van der Waals surface area contributed by atoms with Crippen LogP contribution in [0.25, 0.3) is 6.20 Å². The first-order valence-corrected chi connectivity index (χ1v) is 7.11. The van der Waals surface area contributed by atoms with E-state index in [2.05, 4.69) is 28.8 Å². The summed E-state index contributed by atoms with van der Waals surface area (Å²) in [6.07, 6.45) is 8.16. The SMILES string of the molecule is C=CC(=O)NCNC(C)C.C=Cn1ccnc1.NC(CO)C(=O)O. The quantitative estimate of drug-likeness (QED) is 0.336. The Kier molecular flexibility index (Phi) is 15.3. The Morgan fingerprint density at radius 3 is 2.29 bits per heavy atom. The number of carboxylic acid groups (broad SMARTS) is 1. The van der Waals surface area contributed by atoms with Gasteiger partial charge in [0, 0.05) is 24.6 Å². The minimum absolute atomic E-state index is 0.145. The summed E-state index contributed by atoms with van der Waals surface area (Å²) < 4.78 is 1.78. The highest BCUT2D eigenvalue weighted by Gasteiger charge is 2.07. The van der Waals surface area contributed by atoms with E-state index < -0.39 is 18.6 Å². The number of rotatable bonds is 7. The maximum absolute atomic E-state index is 10.5. The number of aliphatic hydroxyl groups excluding tert-OH is 1. The van der Waals surface area contributed by atoms with Gasteiger partial charge in [-0.3, -0.25) is 14.9 Å². The Morgan fingerprint density at radius 2 is 2.04 bits per heavy atom. The van der Waals surface area contributed by atoms with E-state index in [1.54, 1.807) is 23.3 Å². The van der Waals surface area contributed by atoms with Crippen molar-refractivity contribution in [2.45, 2.75) is 25.9 Å². The van der Waals surface area contributed by atoms with E-state index in [0.717, 1.165) is 0 Å². The van der Waals surface area contributed by atoms with Crippen molar-refractivity contribution < 1.29 is 19.8 Å². The number of carbonyl (C=O) groups excluding carboxylic acids is 1. The predicted molar refractivity (Wildman–Crippen MR) is 92.8 cm³/mol. The molecular weight excluding hydrogens is 314 g/mol. The summed E-state index contributed by atoms with van der Waals surface area (Å²) in [6.45, 7) is 10.9. The molecule has 0 saturated carbocycles. The third kappa shape index (κ3) is 15.9. The fourth-order valence-corrected chi connectivity index (χ4v) is 0.870. The van der Waals surface area contributed by atoms with Gasteiger partial charge < -0.3 is 25.8 Å². The van der Waals surface area contributed by atoms with Crippen LogP contribution in [0.3, 0.4) is 0 Å². The first-order valence-electron chi connectivity index (χ1n) is 7.11. The number of aliphatic hydroxyl groups is 1. The minimum Gasteiger partial charge on any atom is -0.480 e. The summed E-state index contributed by atoms with van der Waals surface area (Å²) in [7, 11) is 0. The lowest BCUT2D eigenvalue weighted by Crippen LogP contribution is -2.36. The van der Waals surface area contributed by atoms with Gasteiger partial charge in [-0.05, 0) is 19.9 Å². The number of carboxylic acids is 1. The molecule has 1 aromatic heterocycles. The van der Waals surface area contributed by atoms with E-state index in [4.69, 9.17) is 15.9 Å². The molecule has 1 unspecified atom stereocenters. The highest BCUT2D eigenvalue weighted by molar-refractivity contribution is 5.86. The van der Waals surface area contributed by atoms with Crippen LogP contribution in [0.1, 0.15) is 13.8 Å². The van der Waals surface area contributed by atoms with Crippen molar-refractivity contribution in [3.05, 3.63) is 38.0 Å². The number of amides is 1. The highest BCUT2D eigenvalue weighted by atomic mass is 16.4. The van der Waals surface area contributed by atoms with Gasteiger partial charge in [0.25, 0.3) is 0 Å². The lowest BCUT2D eigenvalue weighted by molar-refractivity contribution is -0.139. The third-order valence-corrected chi connectivity index (χ3v) is 2.21. The summed E-state index contributed by atoms with van der Waals surface area (Å²) in [5, 5.41) is 21.5. The van der Waals surface area contributed by atoms with E-state index >= 15 is 0 Å². The van der Waals surface area contributed by atoms with Crippen LogP contribution in [-0.2, 0) is 9.59 Å². The Bertz CT molecular complexity index is 474. The van der Waals surface area contributed by atoms with Crippen LogP contribution in [0.5, 0.6) is 0 Å². The average Bonchev–Trinajstić information content (AvgIpc) is 3.08. The monoisotopic (exact) mass is 341 g/mol. The number of carbonyl (C=O) groups is 2. The topological polar surface area (TPSA) is 142 Å². The van der Waals surface area contributed by atoms with E-state index in [9.17, 15) is 9.59 Å². The molecule has 1 aromatic rings. The largest absolute Gasteiger partial charge is 0.480 e. The van der Waals surface area contributed by atoms with E-state index in [1.165, 1.54) is 6.08 Å². The van der Waals surface area contributed by atoms with E-state index in [1.807, 2.05) is 20.0 Å². The smallest absolute Gasteiger partial charge is 0.322 e. The second kappa shape index (κ2) is 15.4. The van der Waals surface area contributed by atoms with Crippen molar-refractivity contribution in [1.82, 2.24) is 20.2 Å². The molecule has 0 aromatic carbocycles. The van der Waals surface area contributed by atoms with Crippen molar-refractivity contribution in [3.8, 4) is 0 Å². The molecule has 0 aliphatic heterocycles. The van der Waals surface area contributed by atoms with Gasteiger partial charge in [0.05, 0.1) is 19.6 Å². The van der Waals surface area contributed by atoms with Crippen molar-refractivity contribution >= 4 is 18.1 Å². The molecule has 9 heteroatoms. The van der Waals surface area contributed by atoms with Gasteiger partial charge in [-0.1, -0.05) is 13.2 Å². The lowest BCUT2D eigenvalue weighted by atomic mass is 10.3. The molecule has 0 bridgehead atoms. The van der Waals surface area contributed by atoms with Gasteiger partial charge in [0.1, 0.15) is 6.04 Å². The van der Waals surface area contributed by atoms with Crippen LogP contribution >= 0.6 is 0 Å². The number of aromatic nitrogens is 2. The molecule has 1 heterocycles. The molecule has 0 saturated heterocycles. The minimum atomic E-state index is -1.18. The second-order valence-corrected chi connectivity index (χ2v) is 4.60. The Morgan fingerprint density at radius 1 is 1.42 bits per heavy atom. The Balaban J connectivity index is 0. The first kappa shape index (κ1) is 23.8. The Hall–Kier alpha value is -2.49. The molecule has 24 heavy (non-hydrogen) atoms. The van der Waals surface area contributed by atoms with Crippen molar-refractivity contribution in [1.29, 1.82) is 0 Å². The van der Waals surface area contributed by atoms with Crippen molar-refractivity contribution in [2.24, 2.45) is 5.73 Å². The maximum Gasteiger partial charge on any atom is 0.322 e. The molecule has 0 aliphatic rings. The number of nitrogens with one attached hydrogen (secondary N) is 2. The molecule has 0 fully saturated rings. The number of hydrogen-bond acceptors (Lipinski definition) is 6. The predicted octanol–water partition coefficient (Wildman–Crippen LogP) is -0.382.